The average molecular weight is 532 g/mol. The summed E-state index contributed by atoms with van der Waals surface area (Å²) in [6.07, 6.45) is 0. The lowest BCUT2D eigenvalue weighted by atomic mass is 9.99. The van der Waals surface area contributed by atoms with Crippen LogP contribution in [0.15, 0.2) is 84.9 Å². The molecule has 9 heteroatoms. The zero-order valence-corrected chi connectivity index (χ0v) is 20.3. The Kier molecular flexibility index (Phi) is 6.25. The van der Waals surface area contributed by atoms with E-state index in [2.05, 4.69) is 0 Å². The summed E-state index contributed by atoms with van der Waals surface area (Å²) in [5.41, 5.74) is 1.21. The van der Waals surface area contributed by atoms with E-state index >= 15 is 0 Å². The Hall–Kier alpha value is -4.46. The van der Waals surface area contributed by atoms with Gasteiger partial charge in [-0.3, -0.25) is 14.4 Å². The molecule has 0 saturated heterocycles. The van der Waals surface area contributed by atoms with Gasteiger partial charge in [0.15, 0.2) is 5.78 Å². The molecule has 0 saturated carbocycles. The first kappa shape index (κ1) is 24.2. The molecule has 0 fully saturated rings. The number of carboxylic acids is 1. The molecule has 1 aliphatic rings. The molecule has 0 bridgehead atoms. The highest BCUT2D eigenvalue weighted by atomic mass is 35.5. The van der Waals surface area contributed by atoms with E-state index in [9.17, 15) is 19.2 Å². The third-order valence-electron chi connectivity index (χ3n) is 5.75. The second-order valence-electron chi connectivity index (χ2n) is 8.09. The van der Waals surface area contributed by atoms with Gasteiger partial charge < -0.3 is 9.84 Å². The number of hydrogen-bond acceptors (Lipinski definition) is 5. The van der Waals surface area contributed by atoms with Gasteiger partial charge in [-0.05, 0) is 78.9 Å². The van der Waals surface area contributed by atoms with Gasteiger partial charge in [0.05, 0.1) is 27.4 Å². The monoisotopic (exact) mass is 531 g/mol. The van der Waals surface area contributed by atoms with Crippen molar-refractivity contribution in [3.05, 3.63) is 123 Å². The van der Waals surface area contributed by atoms with E-state index in [0.29, 0.717) is 22.1 Å². The van der Waals surface area contributed by atoms with E-state index in [4.69, 9.17) is 33.0 Å². The minimum atomic E-state index is -1.03. The third-order valence-corrected chi connectivity index (χ3v) is 6.29. The molecule has 4 aromatic carbocycles. The van der Waals surface area contributed by atoms with Crippen molar-refractivity contribution in [2.24, 2.45) is 0 Å². The van der Waals surface area contributed by atoms with Gasteiger partial charge in [-0.15, -0.1) is 0 Å². The minimum Gasteiger partial charge on any atom is -0.478 e. The number of anilines is 1. The minimum absolute atomic E-state index is 0.103. The van der Waals surface area contributed by atoms with Crippen molar-refractivity contribution in [3.63, 3.8) is 0 Å². The first-order chi connectivity index (χ1) is 17.7. The number of rotatable bonds is 6. The molecule has 0 aliphatic carbocycles. The van der Waals surface area contributed by atoms with Crippen LogP contribution in [-0.4, -0.2) is 28.7 Å². The van der Waals surface area contributed by atoms with Crippen LogP contribution in [0.3, 0.4) is 0 Å². The highest BCUT2D eigenvalue weighted by Crippen LogP contribution is 2.35. The number of fused-ring (bicyclic) bond motifs is 1. The maximum Gasteiger partial charge on any atom is 0.335 e. The van der Waals surface area contributed by atoms with E-state index in [1.807, 2.05) is 0 Å². The molecule has 1 N–H and O–H groups in total. The summed E-state index contributed by atoms with van der Waals surface area (Å²) < 4.78 is 5.70. The van der Waals surface area contributed by atoms with Gasteiger partial charge >= 0.3 is 5.97 Å². The van der Waals surface area contributed by atoms with E-state index in [0.717, 1.165) is 4.90 Å². The van der Waals surface area contributed by atoms with Gasteiger partial charge in [-0.25, -0.2) is 9.69 Å². The van der Waals surface area contributed by atoms with Crippen LogP contribution in [-0.2, 0) is 0 Å². The molecule has 2 amide bonds. The summed E-state index contributed by atoms with van der Waals surface area (Å²) in [7, 11) is 0. The van der Waals surface area contributed by atoms with Crippen LogP contribution in [0.4, 0.5) is 5.69 Å². The summed E-state index contributed by atoms with van der Waals surface area (Å²) in [5, 5.41) is 9.50. The number of ketones is 1. The highest BCUT2D eigenvalue weighted by molar-refractivity contribution is 6.41. The molecule has 0 unspecified atom stereocenters. The molecule has 1 aliphatic heterocycles. The highest BCUT2D eigenvalue weighted by Gasteiger charge is 2.38. The number of amides is 2. The molecular weight excluding hydrogens is 517 g/mol. The number of ether oxygens (including phenoxy) is 1. The number of carbonyl (C=O) groups is 4. The third kappa shape index (κ3) is 4.58. The van der Waals surface area contributed by atoms with Gasteiger partial charge in [-0.2, -0.15) is 0 Å². The first-order valence-electron chi connectivity index (χ1n) is 10.9. The fraction of sp³-hybridized carbons (Fsp3) is 0. The SMILES string of the molecule is O=C(O)c1ccc(Oc2ccc(C(=O)c3ccc4c(c3)C(=O)N(c3ccc(Cl)cc3Cl)C4=O)cc2)cc1. The number of carboxylic acid groups (broad SMARTS) is 1. The molecule has 0 atom stereocenters. The number of nitrogens with zero attached hydrogens (tertiary/aromatic N) is 1. The summed E-state index contributed by atoms with van der Waals surface area (Å²) in [4.78, 5) is 51.0. The predicted octanol–water partition coefficient (Wildman–Crippen LogP) is 6.52. The Bertz CT molecular complexity index is 1600. The Balaban J connectivity index is 1.35. The molecule has 7 nitrogen and oxygen atoms in total. The number of imide groups is 1. The predicted molar refractivity (Wildman–Crippen MR) is 137 cm³/mol. The van der Waals surface area contributed by atoms with Gasteiger partial charge in [-0.1, -0.05) is 29.3 Å². The van der Waals surface area contributed by atoms with Crippen LogP contribution in [0.5, 0.6) is 11.5 Å². The Labute approximate surface area is 220 Å². The normalized spacial score (nSPS) is 12.4. The summed E-state index contributed by atoms with van der Waals surface area (Å²) >= 11 is 12.1. The van der Waals surface area contributed by atoms with Gasteiger partial charge in [0, 0.05) is 16.1 Å². The van der Waals surface area contributed by atoms with Gasteiger partial charge in [0.25, 0.3) is 11.8 Å². The summed E-state index contributed by atoms with van der Waals surface area (Å²) in [6, 6.07) is 21.1. The second kappa shape index (κ2) is 9.54. The quantitative estimate of drug-likeness (QED) is 0.224. The number of hydrogen-bond donors (Lipinski definition) is 1. The van der Waals surface area contributed by atoms with Crippen molar-refractivity contribution in [1.29, 1.82) is 0 Å². The number of benzene rings is 4. The van der Waals surface area contributed by atoms with Gasteiger partial charge in [0.1, 0.15) is 11.5 Å². The van der Waals surface area contributed by atoms with Crippen LogP contribution in [0, 0.1) is 0 Å². The molecular formula is C28H15Cl2NO6. The standard InChI is InChI=1S/C28H15Cl2NO6/c29-18-6-12-24(23(30)14-18)31-26(33)21-11-5-17(13-22(21)27(31)34)25(32)15-1-7-19(8-2-15)37-20-9-3-16(4-10-20)28(35)36/h1-14H,(H,35,36). The van der Waals surface area contributed by atoms with Crippen molar-refractivity contribution in [3.8, 4) is 11.5 Å². The number of carbonyl (C=O) groups excluding carboxylic acids is 3. The Morgan fingerprint density at radius 3 is 1.84 bits per heavy atom. The van der Waals surface area contributed by atoms with E-state index in [1.165, 1.54) is 60.7 Å². The second-order valence-corrected chi connectivity index (χ2v) is 8.93. The lowest BCUT2D eigenvalue weighted by Gasteiger charge is -2.15. The maximum absolute atomic E-state index is 13.1. The van der Waals surface area contributed by atoms with Crippen molar-refractivity contribution in [2.45, 2.75) is 0 Å². The zero-order chi connectivity index (χ0) is 26.3. The van der Waals surface area contributed by atoms with Crippen LogP contribution >= 0.6 is 23.2 Å². The Morgan fingerprint density at radius 2 is 1.24 bits per heavy atom. The topological polar surface area (TPSA) is 101 Å². The number of aromatic carboxylic acids is 1. The molecule has 0 spiro atoms. The van der Waals surface area contributed by atoms with Crippen LogP contribution in [0.2, 0.25) is 10.0 Å². The largest absolute Gasteiger partial charge is 0.478 e. The lowest BCUT2D eigenvalue weighted by Crippen LogP contribution is -2.29. The van der Waals surface area contributed by atoms with Crippen molar-refractivity contribution < 1.29 is 29.0 Å². The van der Waals surface area contributed by atoms with Gasteiger partial charge in [0.2, 0.25) is 0 Å². The molecule has 0 radical (unpaired) electrons. The van der Waals surface area contributed by atoms with Crippen LogP contribution < -0.4 is 9.64 Å². The first-order valence-corrected chi connectivity index (χ1v) is 11.6. The Morgan fingerprint density at radius 1 is 0.676 bits per heavy atom. The van der Waals surface area contributed by atoms with Crippen LogP contribution in [0.25, 0.3) is 0 Å². The molecule has 4 aromatic rings. The molecule has 37 heavy (non-hydrogen) atoms. The van der Waals surface area contributed by atoms with E-state index in [1.54, 1.807) is 24.3 Å². The lowest BCUT2D eigenvalue weighted by molar-refractivity contribution is 0.0696. The fourth-order valence-corrected chi connectivity index (χ4v) is 4.40. The van der Waals surface area contributed by atoms with Crippen molar-refractivity contribution >= 4 is 52.5 Å². The molecule has 1 heterocycles. The molecule has 0 aromatic heterocycles. The van der Waals surface area contributed by atoms with Crippen molar-refractivity contribution in [1.82, 2.24) is 0 Å². The molecule has 5 rings (SSSR count). The summed E-state index contributed by atoms with van der Waals surface area (Å²) in [5.74, 6) is -1.62. The van der Waals surface area contributed by atoms with E-state index in [-0.39, 0.29) is 38.7 Å². The fourth-order valence-electron chi connectivity index (χ4n) is 3.91. The van der Waals surface area contributed by atoms with Crippen LogP contribution in [0.1, 0.15) is 47.0 Å². The van der Waals surface area contributed by atoms with Crippen molar-refractivity contribution in [2.75, 3.05) is 4.90 Å². The summed E-state index contributed by atoms with van der Waals surface area (Å²) in [6.45, 7) is 0. The molecule has 182 valence electrons. The average Bonchev–Trinajstić information content (AvgIpc) is 3.13. The maximum atomic E-state index is 13.1. The zero-order valence-electron chi connectivity index (χ0n) is 18.8. The smallest absolute Gasteiger partial charge is 0.335 e. The number of halogens is 2. The van der Waals surface area contributed by atoms with E-state index < -0.39 is 17.8 Å².